The molecule has 1 aromatic rings. The molecule has 0 saturated carbocycles. The van der Waals surface area contributed by atoms with Crippen molar-refractivity contribution in [2.45, 2.75) is 32.6 Å². The van der Waals surface area contributed by atoms with E-state index < -0.39 is 0 Å². The Balaban J connectivity index is 2.17. The van der Waals surface area contributed by atoms with E-state index in [9.17, 15) is 4.79 Å². The van der Waals surface area contributed by atoms with Crippen LogP contribution in [0.25, 0.3) is 0 Å². The van der Waals surface area contributed by atoms with Crippen molar-refractivity contribution in [2.24, 2.45) is 0 Å². The summed E-state index contributed by atoms with van der Waals surface area (Å²) in [6, 6.07) is 6.43. The van der Waals surface area contributed by atoms with E-state index in [1.165, 1.54) is 30.4 Å². The van der Waals surface area contributed by atoms with Crippen LogP contribution in [0.2, 0.25) is 0 Å². The monoisotopic (exact) mass is 200 g/mol. The van der Waals surface area contributed by atoms with E-state index in [-0.39, 0.29) is 5.78 Å². The first kappa shape index (κ1) is 10.2. The van der Waals surface area contributed by atoms with Crippen molar-refractivity contribution in [3.63, 3.8) is 0 Å². The molecular formula is C14H16O. The van der Waals surface area contributed by atoms with Gasteiger partial charge < -0.3 is 0 Å². The van der Waals surface area contributed by atoms with Crippen LogP contribution in [0.4, 0.5) is 0 Å². The zero-order chi connectivity index (χ0) is 10.8. The summed E-state index contributed by atoms with van der Waals surface area (Å²) in [5.41, 5.74) is 4.67. The van der Waals surface area contributed by atoms with Gasteiger partial charge in [-0.2, -0.15) is 0 Å². The number of carbonyl (C=O) groups excluding carboxylic acids is 1. The molecule has 1 nitrogen and oxygen atoms in total. The summed E-state index contributed by atoms with van der Waals surface area (Å²) >= 11 is 0. The van der Waals surface area contributed by atoms with Gasteiger partial charge in [0.05, 0.1) is 0 Å². The van der Waals surface area contributed by atoms with Crippen molar-refractivity contribution in [3.8, 4) is 0 Å². The number of benzene rings is 1. The Morgan fingerprint density at radius 2 is 2.07 bits per heavy atom. The van der Waals surface area contributed by atoms with E-state index in [1.807, 2.05) is 0 Å². The van der Waals surface area contributed by atoms with Crippen molar-refractivity contribution in [1.29, 1.82) is 0 Å². The molecule has 0 heterocycles. The lowest BCUT2D eigenvalue weighted by molar-refractivity contribution is -0.114. The number of carbonyl (C=O) groups is 1. The van der Waals surface area contributed by atoms with Crippen LogP contribution in [0.3, 0.4) is 0 Å². The van der Waals surface area contributed by atoms with Crippen LogP contribution in [-0.4, -0.2) is 5.78 Å². The maximum Gasteiger partial charge on any atom is 0.162 e. The molecule has 1 aliphatic carbocycles. The van der Waals surface area contributed by atoms with Crippen LogP contribution >= 0.6 is 0 Å². The first-order valence-corrected chi connectivity index (χ1v) is 5.46. The van der Waals surface area contributed by atoms with E-state index >= 15 is 0 Å². The summed E-state index contributed by atoms with van der Waals surface area (Å²) in [5, 5.41) is 0. The molecule has 0 aliphatic heterocycles. The Bertz CT molecular complexity index is 415. The zero-order valence-corrected chi connectivity index (χ0v) is 9.18. The second-order valence-electron chi connectivity index (χ2n) is 4.34. The molecule has 0 spiro atoms. The third-order valence-corrected chi connectivity index (χ3v) is 3.00. The van der Waals surface area contributed by atoms with Crippen molar-refractivity contribution < 1.29 is 4.79 Å². The normalized spacial score (nSPS) is 13.7. The van der Waals surface area contributed by atoms with E-state index in [1.54, 1.807) is 6.92 Å². The van der Waals surface area contributed by atoms with Crippen LogP contribution in [0.1, 0.15) is 30.0 Å². The van der Waals surface area contributed by atoms with Crippen molar-refractivity contribution in [2.75, 3.05) is 0 Å². The maximum absolute atomic E-state index is 11.5. The van der Waals surface area contributed by atoms with Gasteiger partial charge in [-0.3, -0.25) is 4.79 Å². The molecule has 0 unspecified atom stereocenters. The molecule has 1 aliphatic rings. The second kappa shape index (κ2) is 4.01. The van der Waals surface area contributed by atoms with Crippen LogP contribution in [-0.2, 0) is 24.1 Å². The van der Waals surface area contributed by atoms with E-state index in [2.05, 4.69) is 24.8 Å². The smallest absolute Gasteiger partial charge is 0.162 e. The molecule has 0 amide bonds. The lowest BCUT2D eigenvalue weighted by Crippen LogP contribution is -2.03. The summed E-state index contributed by atoms with van der Waals surface area (Å²) in [7, 11) is 0. The van der Waals surface area contributed by atoms with Crippen LogP contribution in [0, 0.1) is 0 Å². The summed E-state index contributed by atoms with van der Waals surface area (Å²) in [4.78, 5) is 11.5. The van der Waals surface area contributed by atoms with Gasteiger partial charge in [0, 0.05) is 6.42 Å². The minimum Gasteiger partial charge on any atom is -0.294 e. The largest absolute Gasteiger partial charge is 0.294 e. The highest BCUT2D eigenvalue weighted by Crippen LogP contribution is 2.23. The predicted octanol–water partition coefficient (Wildman–Crippen LogP) is 2.86. The van der Waals surface area contributed by atoms with Gasteiger partial charge in [0.2, 0.25) is 0 Å². The molecule has 15 heavy (non-hydrogen) atoms. The van der Waals surface area contributed by atoms with E-state index in [4.69, 9.17) is 0 Å². The fourth-order valence-electron chi connectivity index (χ4n) is 2.07. The van der Waals surface area contributed by atoms with Gasteiger partial charge in [0.15, 0.2) is 5.78 Å². The molecule has 0 bridgehead atoms. The average Bonchev–Trinajstić information content (AvgIpc) is 2.64. The summed E-state index contributed by atoms with van der Waals surface area (Å²) in [6.07, 6.45) is 4.13. The quantitative estimate of drug-likeness (QED) is 0.686. The molecule has 1 aromatic carbocycles. The van der Waals surface area contributed by atoms with E-state index in [0.29, 0.717) is 12.0 Å². The molecule has 0 N–H and O–H groups in total. The van der Waals surface area contributed by atoms with Crippen molar-refractivity contribution >= 4 is 5.78 Å². The van der Waals surface area contributed by atoms with Crippen molar-refractivity contribution in [1.82, 2.24) is 0 Å². The third-order valence-electron chi connectivity index (χ3n) is 3.00. The highest BCUT2D eigenvalue weighted by atomic mass is 16.1. The number of allylic oxidation sites excluding steroid dienone is 1. The molecule has 78 valence electrons. The Labute approximate surface area is 90.8 Å². The lowest BCUT2D eigenvalue weighted by Gasteiger charge is -2.04. The first-order valence-electron chi connectivity index (χ1n) is 5.46. The number of Topliss-reactive ketones (excluding diaryl/α,β-unsaturated/α-hetero) is 1. The van der Waals surface area contributed by atoms with Crippen LogP contribution in [0.5, 0.6) is 0 Å². The molecule has 0 atom stereocenters. The number of aryl methyl sites for hydroxylation is 2. The Kier molecular flexibility index (Phi) is 2.72. The highest BCUT2D eigenvalue weighted by Gasteiger charge is 2.12. The van der Waals surface area contributed by atoms with Crippen LogP contribution < -0.4 is 0 Å². The molecule has 2 rings (SSSR count). The summed E-state index contributed by atoms with van der Waals surface area (Å²) in [6.45, 7) is 5.45. The highest BCUT2D eigenvalue weighted by molar-refractivity contribution is 5.95. The Hall–Kier alpha value is -1.37. The average molecular weight is 200 g/mol. The lowest BCUT2D eigenvalue weighted by atomic mass is 10.0. The number of fused-ring (bicyclic) bond motifs is 1. The molecule has 1 heteroatoms. The number of ketones is 1. The summed E-state index contributed by atoms with van der Waals surface area (Å²) in [5.74, 6) is 0.146. The van der Waals surface area contributed by atoms with Gasteiger partial charge in [-0.1, -0.05) is 24.8 Å². The van der Waals surface area contributed by atoms with Gasteiger partial charge in [0.25, 0.3) is 0 Å². The van der Waals surface area contributed by atoms with Gasteiger partial charge in [0.1, 0.15) is 0 Å². The van der Waals surface area contributed by atoms with Gasteiger partial charge in [-0.05, 0) is 48.4 Å². The second-order valence-corrected chi connectivity index (χ2v) is 4.34. The minimum atomic E-state index is 0.146. The van der Waals surface area contributed by atoms with Gasteiger partial charge >= 0.3 is 0 Å². The molecule has 0 saturated heterocycles. The van der Waals surface area contributed by atoms with Gasteiger partial charge in [-0.15, -0.1) is 0 Å². The molecular weight excluding hydrogens is 184 g/mol. The minimum absolute atomic E-state index is 0.146. The fraction of sp³-hybridized carbons (Fsp3) is 0.357. The zero-order valence-electron chi connectivity index (χ0n) is 9.18. The molecule has 0 aromatic heterocycles. The maximum atomic E-state index is 11.5. The first-order chi connectivity index (χ1) is 7.16. The third kappa shape index (κ3) is 2.17. The predicted molar refractivity (Wildman–Crippen MR) is 62.0 cm³/mol. The Morgan fingerprint density at radius 1 is 1.33 bits per heavy atom. The molecule has 0 fully saturated rings. The SMILES string of the molecule is C=C(C)C(=O)Cc1ccc2c(c1)CCC2. The summed E-state index contributed by atoms with van der Waals surface area (Å²) < 4.78 is 0. The van der Waals surface area contributed by atoms with Gasteiger partial charge in [-0.25, -0.2) is 0 Å². The van der Waals surface area contributed by atoms with Crippen LogP contribution in [0.15, 0.2) is 30.4 Å². The van der Waals surface area contributed by atoms with Crippen molar-refractivity contribution in [3.05, 3.63) is 47.0 Å². The number of hydrogen-bond acceptors (Lipinski definition) is 1. The molecule has 0 radical (unpaired) electrons. The number of hydrogen-bond donors (Lipinski definition) is 0. The van der Waals surface area contributed by atoms with E-state index in [0.717, 1.165) is 5.56 Å². The topological polar surface area (TPSA) is 17.1 Å². The number of rotatable bonds is 3. The fourth-order valence-corrected chi connectivity index (χ4v) is 2.07. The Morgan fingerprint density at radius 3 is 2.80 bits per heavy atom. The standard InChI is InChI=1S/C14H16O/c1-10(2)14(15)9-11-6-7-12-4-3-5-13(12)8-11/h6-8H,1,3-5,9H2,2H3.